The van der Waals surface area contributed by atoms with E-state index in [1.807, 2.05) is 13.8 Å². The summed E-state index contributed by atoms with van der Waals surface area (Å²) in [7, 11) is 0. The molecule has 4 nitrogen and oxygen atoms in total. The molecule has 0 unspecified atom stereocenters. The van der Waals surface area contributed by atoms with E-state index in [4.69, 9.17) is 15.3 Å². The smallest absolute Gasteiger partial charge is 0.0923 e. The summed E-state index contributed by atoms with van der Waals surface area (Å²) in [6.45, 7) is 4.39. The standard InChI is InChI=1S/C6H13NO3.C2H6/c8-3-4-1-5(9)6(10)2-7-4;1-2/h4-10H,1-3H2;1-2H3/t4-,5-,6-;/m0./s1. The van der Waals surface area contributed by atoms with Gasteiger partial charge in [-0.3, -0.25) is 0 Å². The van der Waals surface area contributed by atoms with Crippen molar-refractivity contribution in [2.24, 2.45) is 0 Å². The number of aliphatic hydroxyl groups is 3. The first-order chi connectivity index (χ1) is 5.74. The summed E-state index contributed by atoms with van der Waals surface area (Å²) in [6.07, 6.45) is -0.932. The number of aliphatic hydroxyl groups excluding tert-OH is 3. The molecule has 1 heterocycles. The van der Waals surface area contributed by atoms with Crippen LogP contribution >= 0.6 is 0 Å². The van der Waals surface area contributed by atoms with Gasteiger partial charge in [-0.25, -0.2) is 0 Å². The van der Waals surface area contributed by atoms with Crippen LogP contribution in [0.3, 0.4) is 0 Å². The monoisotopic (exact) mass is 177 g/mol. The topological polar surface area (TPSA) is 72.7 Å². The Labute approximate surface area is 73.2 Å². The molecule has 1 saturated heterocycles. The van der Waals surface area contributed by atoms with Crippen LogP contribution in [0.5, 0.6) is 0 Å². The molecule has 0 spiro atoms. The van der Waals surface area contributed by atoms with E-state index in [9.17, 15) is 0 Å². The van der Waals surface area contributed by atoms with Gasteiger partial charge in [0.2, 0.25) is 0 Å². The van der Waals surface area contributed by atoms with Crippen molar-refractivity contribution in [1.29, 1.82) is 0 Å². The molecule has 0 aliphatic carbocycles. The maximum absolute atomic E-state index is 9.08. The van der Waals surface area contributed by atoms with Crippen LogP contribution in [0.4, 0.5) is 0 Å². The van der Waals surface area contributed by atoms with Gasteiger partial charge in [-0.15, -0.1) is 0 Å². The highest BCUT2D eigenvalue weighted by Gasteiger charge is 2.25. The molecule has 0 radical (unpaired) electrons. The third-order valence-corrected chi connectivity index (χ3v) is 1.81. The van der Waals surface area contributed by atoms with Gasteiger partial charge in [0, 0.05) is 12.6 Å². The van der Waals surface area contributed by atoms with E-state index in [2.05, 4.69) is 5.32 Å². The Morgan fingerprint density at radius 2 is 1.83 bits per heavy atom. The van der Waals surface area contributed by atoms with Crippen molar-refractivity contribution in [3.63, 3.8) is 0 Å². The Kier molecular flexibility index (Phi) is 6.28. The van der Waals surface area contributed by atoms with E-state index in [0.29, 0.717) is 13.0 Å². The van der Waals surface area contributed by atoms with Crippen molar-refractivity contribution in [3.05, 3.63) is 0 Å². The fraction of sp³-hybridized carbons (Fsp3) is 1.00. The molecule has 4 N–H and O–H groups in total. The SMILES string of the molecule is CC.OC[C@@H]1C[C@H](O)[C@@H](O)CN1. The van der Waals surface area contributed by atoms with Crippen molar-refractivity contribution < 1.29 is 15.3 Å². The van der Waals surface area contributed by atoms with Crippen molar-refractivity contribution in [2.45, 2.75) is 38.5 Å². The summed E-state index contributed by atoms with van der Waals surface area (Å²) < 4.78 is 0. The van der Waals surface area contributed by atoms with E-state index in [-0.39, 0.29) is 12.6 Å². The predicted molar refractivity (Wildman–Crippen MR) is 46.9 cm³/mol. The van der Waals surface area contributed by atoms with Gasteiger partial charge in [0.25, 0.3) is 0 Å². The maximum atomic E-state index is 9.08. The van der Waals surface area contributed by atoms with Gasteiger partial charge in [0.05, 0.1) is 18.8 Å². The van der Waals surface area contributed by atoms with Crippen LogP contribution in [-0.4, -0.2) is 46.7 Å². The van der Waals surface area contributed by atoms with Crippen molar-refractivity contribution >= 4 is 0 Å². The Bertz CT molecular complexity index is 110. The molecule has 0 aromatic heterocycles. The predicted octanol–water partition coefficient (Wildman–Crippen LogP) is -0.911. The fourth-order valence-electron chi connectivity index (χ4n) is 1.09. The zero-order valence-electron chi connectivity index (χ0n) is 7.70. The lowest BCUT2D eigenvalue weighted by atomic mass is 10.0. The Hall–Kier alpha value is -0.160. The van der Waals surface area contributed by atoms with E-state index < -0.39 is 12.2 Å². The van der Waals surface area contributed by atoms with Crippen LogP contribution in [0.15, 0.2) is 0 Å². The normalized spacial score (nSPS) is 35.2. The van der Waals surface area contributed by atoms with Crippen LogP contribution < -0.4 is 5.32 Å². The minimum atomic E-state index is -0.682. The zero-order chi connectivity index (χ0) is 9.56. The van der Waals surface area contributed by atoms with Crippen molar-refractivity contribution in [3.8, 4) is 0 Å². The van der Waals surface area contributed by atoms with Gasteiger partial charge in [-0.1, -0.05) is 13.8 Å². The summed E-state index contributed by atoms with van der Waals surface area (Å²) in [5.41, 5.74) is 0. The first kappa shape index (κ1) is 11.8. The second-order valence-electron chi connectivity index (χ2n) is 2.66. The molecule has 0 saturated carbocycles. The molecule has 1 fully saturated rings. The lowest BCUT2D eigenvalue weighted by molar-refractivity contribution is -0.0185. The molecule has 4 heteroatoms. The third kappa shape index (κ3) is 3.49. The molecule has 12 heavy (non-hydrogen) atoms. The van der Waals surface area contributed by atoms with Crippen molar-refractivity contribution in [2.75, 3.05) is 13.2 Å². The number of β-amino-alcohol motifs (C(OH)–C–C–N with tert-alkyl or cyclic N) is 1. The maximum Gasteiger partial charge on any atom is 0.0923 e. The molecule has 0 bridgehead atoms. The molecular formula is C8H19NO3. The largest absolute Gasteiger partial charge is 0.395 e. The van der Waals surface area contributed by atoms with Gasteiger partial charge >= 0.3 is 0 Å². The Balaban J connectivity index is 0.000000561. The fourth-order valence-corrected chi connectivity index (χ4v) is 1.09. The number of hydrogen-bond acceptors (Lipinski definition) is 4. The minimum absolute atomic E-state index is 0.0176. The summed E-state index contributed by atoms with van der Waals surface area (Å²) in [6, 6.07) is -0.0570. The van der Waals surface area contributed by atoms with E-state index in [1.165, 1.54) is 0 Å². The lowest BCUT2D eigenvalue weighted by Gasteiger charge is -2.29. The van der Waals surface area contributed by atoms with Crippen LogP contribution in [0.1, 0.15) is 20.3 Å². The van der Waals surface area contributed by atoms with Crippen LogP contribution in [0.25, 0.3) is 0 Å². The molecule has 1 aliphatic heterocycles. The molecule has 74 valence electrons. The number of rotatable bonds is 1. The number of hydrogen-bond donors (Lipinski definition) is 4. The number of piperidine rings is 1. The van der Waals surface area contributed by atoms with Gasteiger partial charge in [0.1, 0.15) is 0 Å². The molecule has 0 amide bonds. The van der Waals surface area contributed by atoms with Gasteiger partial charge in [-0.05, 0) is 6.42 Å². The Morgan fingerprint density at radius 3 is 2.25 bits per heavy atom. The van der Waals surface area contributed by atoms with E-state index in [0.717, 1.165) is 0 Å². The number of nitrogens with one attached hydrogen (secondary N) is 1. The summed E-state index contributed by atoms with van der Waals surface area (Å²) in [5, 5.41) is 29.6. The average molecular weight is 177 g/mol. The zero-order valence-corrected chi connectivity index (χ0v) is 7.70. The second kappa shape index (κ2) is 6.37. The molecule has 1 aliphatic rings. The summed E-state index contributed by atoms with van der Waals surface area (Å²) >= 11 is 0. The summed E-state index contributed by atoms with van der Waals surface area (Å²) in [5.74, 6) is 0. The highest BCUT2D eigenvalue weighted by atomic mass is 16.3. The Morgan fingerprint density at radius 1 is 1.25 bits per heavy atom. The molecule has 3 atom stereocenters. The molecular weight excluding hydrogens is 158 g/mol. The first-order valence-electron chi connectivity index (χ1n) is 4.44. The van der Waals surface area contributed by atoms with Gasteiger partial charge < -0.3 is 20.6 Å². The van der Waals surface area contributed by atoms with E-state index >= 15 is 0 Å². The summed E-state index contributed by atoms with van der Waals surface area (Å²) in [4.78, 5) is 0. The van der Waals surface area contributed by atoms with Crippen LogP contribution in [0.2, 0.25) is 0 Å². The first-order valence-corrected chi connectivity index (χ1v) is 4.44. The third-order valence-electron chi connectivity index (χ3n) is 1.81. The van der Waals surface area contributed by atoms with Crippen molar-refractivity contribution in [1.82, 2.24) is 5.32 Å². The highest BCUT2D eigenvalue weighted by Crippen LogP contribution is 2.07. The van der Waals surface area contributed by atoms with Gasteiger partial charge in [-0.2, -0.15) is 0 Å². The second-order valence-corrected chi connectivity index (χ2v) is 2.66. The van der Waals surface area contributed by atoms with E-state index in [1.54, 1.807) is 0 Å². The minimum Gasteiger partial charge on any atom is -0.395 e. The lowest BCUT2D eigenvalue weighted by Crippen LogP contribution is -2.50. The molecule has 1 rings (SSSR count). The molecule has 0 aromatic carbocycles. The quantitative estimate of drug-likeness (QED) is 0.418. The van der Waals surface area contributed by atoms with Crippen LogP contribution in [0, 0.1) is 0 Å². The molecule has 0 aromatic rings. The highest BCUT2D eigenvalue weighted by molar-refractivity contribution is 4.83. The van der Waals surface area contributed by atoms with Crippen LogP contribution in [-0.2, 0) is 0 Å². The average Bonchev–Trinajstić information content (AvgIpc) is 2.13. The van der Waals surface area contributed by atoms with Gasteiger partial charge in [0.15, 0.2) is 0 Å².